The second kappa shape index (κ2) is 9.14. The van der Waals surface area contributed by atoms with Crippen LogP contribution in [0, 0.1) is 56.8 Å². The predicted molar refractivity (Wildman–Crippen MR) is 156 cm³/mol. The summed E-state index contributed by atoms with van der Waals surface area (Å²) in [6, 6.07) is 0. The lowest BCUT2D eigenvalue weighted by atomic mass is 9.34. The van der Waals surface area contributed by atoms with Crippen molar-refractivity contribution >= 4 is 17.5 Å². The van der Waals surface area contributed by atoms with E-state index in [-0.39, 0.29) is 62.6 Å². The molecular weight excluding hydrogens is 498 g/mol. The van der Waals surface area contributed by atoms with Crippen molar-refractivity contribution in [1.29, 1.82) is 0 Å². The van der Waals surface area contributed by atoms with Crippen LogP contribution in [0.3, 0.4) is 0 Å². The highest BCUT2D eigenvalue weighted by atomic mass is 16.5. The van der Waals surface area contributed by atoms with Crippen LogP contribution in [-0.2, 0) is 19.1 Å². The van der Waals surface area contributed by atoms with Crippen LogP contribution in [0.5, 0.6) is 0 Å². The molecule has 40 heavy (non-hydrogen) atoms. The molecule has 0 heterocycles. The van der Waals surface area contributed by atoms with Crippen molar-refractivity contribution in [3.05, 3.63) is 34.8 Å². The first-order valence-corrected chi connectivity index (χ1v) is 15.6. The Hall–Kier alpha value is -2.22. The first-order chi connectivity index (χ1) is 18.5. The summed E-state index contributed by atoms with van der Waals surface area (Å²) in [6.07, 6.45) is 11.9. The third-order valence-corrected chi connectivity index (χ3v) is 13.0. The number of hydrogen-bond acceptors (Lipinski definition) is 4. The van der Waals surface area contributed by atoms with Gasteiger partial charge in [-0.25, -0.2) is 4.85 Å². The van der Waals surface area contributed by atoms with Crippen molar-refractivity contribution in [3.8, 4) is 0 Å². The quantitative estimate of drug-likeness (QED) is 0.265. The third kappa shape index (κ3) is 3.87. The van der Waals surface area contributed by atoms with E-state index in [0.717, 1.165) is 56.9 Å². The molecule has 0 aliphatic heterocycles. The fourth-order valence-corrected chi connectivity index (χ4v) is 10.5. The van der Waals surface area contributed by atoms with E-state index in [1.807, 2.05) is 32.9 Å². The van der Waals surface area contributed by atoms with Crippen LogP contribution >= 0.6 is 0 Å². The minimum atomic E-state index is -0.649. The maximum Gasteiger partial charge on any atom is 0.305 e. The van der Waals surface area contributed by atoms with Gasteiger partial charge in [0.2, 0.25) is 5.70 Å². The number of hydrogen-bond donors (Lipinski definition) is 0. The molecule has 5 nitrogen and oxygen atoms in total. The lowest BCUT2D eigenvalue weighted by Gasteiger charge is -2.69. The second-order valence-electron chi connectivity index (χ2n) is 16.0. The lowest BCUT2D eigenvalue weighted by molar-refractivity contribution is -0.185. The van der Waals surface area contributed by atoms with Crippen molar-refractivity contribution in [2.75, 3.05) is 6.61 Å². The molecule has 7 atom stereocenters. The highest BCUT2D eigenvalue weighted by Gasteiger charge is 2.69. The van der Waals surface area contributed by atoms with Gasteiger partial charge in [0, 0.05) is 28.6 Å². The van der Waals surface area contributed by atoms with Gasteiger partial charge in [0.05, 0.1) is 13.2 Å². The van der Waals surface area contributed by atoms with Crippen LogP contribution in [0.4, 0.5) is 0 Å². The molecule has 5 heteroatoms. The van der Waals surface area contributed by atoms with E-state index < -0.39 is 10.8 Å². The molecule has 5 rings (SSSR count). The predicted octanol–water partition coefficient (Wildman–Crippen LogP) is 7.90. The molecule has 0 aromatic carbocycles. The zero-order valence-electron chi connectivity index (χ0n) is 26.0. The van der Waals surface area contributed by atoms with Crippen LogP contribution < -0.4 is 0 Å². The normalized spacial score (nSPS) is 43.1. The number of ketones is 2. The molecule has 0 spiro atoms. The zero-order valence-corrected chi connectivity index (χ0v) is 26.0. The Bertz CT molecular complexity index is 1250. The van der Waals surface area contributed by atoms with Crippen LogP contribution in [0.1, 0.15) is 113 Å². The summed E-state index contributed by atoms with van der Waals surface area (Å²) in [5, 5.41) is 0. The monoisotopic (exact) mass is 547 g/mol. The average Bonchev–Trinajstić information content (AvgIpc) is 2.87. The van der Waals surface area contributed by atoms with Crippen molar-refractivity contribution in [3.63, 3.8) is 0 Å². The van der Waals surface area contributed by atoms with E-state index >= 15 is 0 Å². The standard InChI is InChI=1S/C35H49NO4/c1-10-11-27(38)40-21-35-16-14-30(2,3)19-22(35)28-24(37)18-26-32(6)20-23(36-9)29(39)31(4,5)25(32)12-13-33(26,7)34(28,8)15-17-35/h18,20,22,25,28H,10-17,19,21H2,1-8H3/t22-,25-,28-,32-,33+,34+,35+/m0/s1. The Kier molecular flexibility index (Phi) is 6.69. The molecule has 0 bridgehead atoms. The number of Topliss-reactive ketones (excluding diaryl/α,β-unsaturated/α-hetero) is 1. The molecule has 3 saturated carbocycles. The molecule has 218 valence electrons. The van der Waals surface area contributed by atoms with Crippen molar-refractivity contribution in [1.82, 2.24) is 0 Å². The largest absolute Gasteiger partial charge is 0.465 e. The average molecular weight is 548 g/mol. The minimum Gasteiger partial charge on any atom is -0.465 e. The molecular formula is C35H49NO4. The summed E-state index contributed by atoms with van der Waals surface area (Å²) < 4.78 is 5.94. The van der Waals surface area contributed by atoms with Gasteiger partial charge in [-0.2, -0.15) is 0 Å². The topological polar surface area (TPSA) is 64.8 Å². The Balaban J connectivity index is 1.62. The number of esters is 1. The molecule has 0 aromatic rings. The number of carbonyl (C=O) groups excluding carboxylic acids is 3. The molecule has 0 N–H and O–H groups in total. The van der Waals surface area contributed by atoms with Gasteiger partial charge in [0.1, 0.15) is 0 Å². The molecule has 0 aromatic heterocycles. The van der Waals surface area contributed by atoms with Gasteiger partial charge in [0.15, 0.2) is 11.6 Å². The van der Waals surface area contributed by atoms with E-state index in [2.05, 4.69) is 39.5 Å². The first-order valence-electron chi connectivity index (χ1n) is 15.6. The summed E-state index contributed by atoms with van der Waals surface area (Å²) >= 11 is 0. The molecule has 5 aliphatic carbocycles. The van der Waals surface area contributed by atoms with Gasteiger partial charge in [-0.3, -0.25) is 9.59 Å². The first kappa shape index (κ1) is 29.3. The number of ether oxygens (including phenoxy) is 1. The molecule has 0 unspecified atom stereocenters. The molecule has 3 fully saturated rings. The fourth-order valence-electron chi connectivity index (χ4n) is 10.5. The summed E-state index contributed by atoms with van der Waals surface area (Å²) in [5.74, 6) is 0.111. The van der Waals surface area contributed by atoms with Gasteiger partial charge in [-0.05, 0) is 85.5 Å². The molecule has 0 radical (unpaired) electrons. The number of carbonyl (C=O) groups is 3. The lowest BCUT2D eigenvalue weighted by Crippen LogP contribution is -2.65. The van der Waals surface area contributed by atoms with Crippen LogP contribution in [0.25, 0.3) is 4.85 Å². The van der Waals surface area contributed by atoms with E-state index in [1.165, 1.54) is 0 Å². The van der Waals surface area contributed by atoms with E-state index in [1.54, 1.807) is 0 Å². The Morgan fingerprint density at radius 1 is 1.02 bits per heavy atom. The van der Waals surface area contributed by atoms with E-state index in [0.29, 0.717) is 13.0 Å². The van der Waals surface area contributed by atoms with Crippen molar-refractivity contribution in [2.24, 2.45) is 50.2 Å². The van der Waals surface area contributed by atoms with Gasteiger partial charge in [-0.1, -0.05) is 67.0 Å². The number of fused-ring (bicyclic) bond motifs is 7. The molecule has 5 aliphatic rings. The van der Waals surface area contributed by atoms with Gasteiger partial charge >= 0.3 is 5.97 Å². The maximum atomic E-state index is 14.5. The smallest absolute Gasteiger partial charge is 0.305 e. The highest BCUT2D eigenvalue weighted by Crippen LogP contribution is 2.74. The number of rotatable bonds is 4. The summed E-state index contributed by atoms with van der Waals surface area (Å²) in [4.78, 5) is 44.0. The summed E-state index contributed by atoms with van der Waals surface area (Å²) in [7, 11) is 0. The van der Waals surface area contributed by atoms with Gasteiger partial charge in [0.25, 0.3) is 0 Å². The van der Waals surface area contributed by atoms with Crippen LogP contribution in [0.15, 0.2) is 23.4 Å². The third-order valence-electron chi connectivity index (χ3n) is 13.0. The van der Waals surface area contributed by atoms with Crippen LogP contribution in [-0.4, -0.2) is 24.1 Å². The van der Waals surface area contributed by atoms with Crippen molar-refractivity contribution < 1.29 is 19.1 Å². The van der Waals surface area contributed by atoms with Gasteiger partial charge < -0.3 is 9.53 Å². The SMILES string of the molecule is [C-]#[N+]C1=C[C@]2(C)C3=CC(=O)[C@@H]4[C@@H]5CC(C)(C)CC[C@]5(COC(=O)CCC)CC[C@@]4(C)[C@]3(C)CC[C@H]2C(C)(C)C1=O. The molecule has 0 saturated heterocycles. The second-order valence-corrected chi connectivity index (χ2v) is 16.0. The Morgan fingerprint density at radius 3 is 2.35 bits per heavy atom. The molecule has 0 amide bonds. The van der Waals surface area contributed by atoms with E-state index in [9.17, 15) is 14.4 Å². The van der Waals surface area contributed by atoms with Crippen LogP contribution in [0.2, 0.25) is 0 Å². The summed E-state index contributed by atoms with van der Waals surface area (Å²) in [6.45, 7) is 25.7. The fraction of sp³-hybridized carbons (Fsp3) is 0.771. The minimum absolute atomic E-state index is 0.0551. The highest BCUT2D eigenvalue weighted by molar-refractivity contribution is 6.03. The Morgan fingerprint density at radius 2 is 1.70 bits per heavy atom. The number of allylic oxidation sites excluding steroid dienone is 4. The number of nitrogens with zero attached hydrogens (tertiary/aromatic N) is 1. The van der Waals surface area contributed by atoms with Crippen molar-refractivity contribution in [2.45, 2.75) is 113 Å². The zero-order chi connectivity index (χ0) is 29.5. The maximum absolute atomic E-state index is 14.5. The van der Waals surface area contributed by atoms with E-state index in [4.69, 9.17) is 11.3 Å². The summed E-state index contributed by atoms with van der Waals surface area (Å²) in [5.41, 5.74) is -0.280. The Labute approximate surface area is 241 Å². The van der Waals surface area contributed by atoms with Gasteiger partial charge in [-0.15, -0.1) is 0 Å².